The van der Waals surface area contributed by atoms with E-state index in [1.54, 1.807) is 0 Å². The fourth-order valence-corrected chi connectivity index (χ4v) is 4.78. The zero-order valence-corrected chi connectivity index (χ0v) is 19.5. The van der Waals surface area contributed by atoms with Crippen LogP contribution in [-0.2, 0) is 24.4 Å². The quantitative estimate of drug-likeness (QED) is 0.355. The van der Waals surface area contributed by atoms with Crippen molar-refractivity contribution in [2.24, 2.45) is 5.92 Å². The van der Waals surface area contributed by atoms with Crippen LogP contribution in [-0.4, -0.2) is 33.4 Å². The van der Waals surface area contributed by atoms with Crippen LogP contribution >= 0.6 is 0 Å². The molecule has 3 aromatic carbocycles. The Morgan fingerprint density at radius 3 is 2.32 bits per heavy atom. The Bertz CT molecular complexity index is 1210. The molecule has 0 radical (unpaired) electrons. The average Bonchev–Trinajstić information content (AvgIpc) is 3.25. The molecular formula is C29H31N3O2. The first kappa shape index (κ1) is 22.2. The summed E-state index contributed by atoms with van der Waals surface area (Å²) in [5, 5.41) is 0. The van der Waals surface area contributed by atoms with Gasteiger partial charge in [0.25, 0.3) is 0 Å². The number of aromatic nitrogens is 2. The minimum Gasteiger partial charge on any atom is -0.486 e. The highest BCUT2D eigenvalue weighted by molar-refractivity contribution is 5.77. The second-order valence-corrected chi connectivity index (χ2v) is 9.04. The van der Waals surface area contributed by atoms with Gasteiger partial charge in [0.1, 0.15) is 18.2 Å². The van der Waals surface area contributed by atoms with E-state index in [-0.39, 0.29) is 5.91 Å². The number of rotatable bonds is 8. The fraction of sp³-hybridized carbons (Fsp3) is 0.310. The van der Waals surface area contributed by atoms with E-state index >= 15 is 0 Å². The molecule has 0 unspecified atom stereocenters. The molecule has 1 aliphatic heterocycles. The number of piperidine rings is 1. The molecule has 1 aliphatic rings. The molecule has 0 bridgehead atoms. The third kappa shape index (κ3) is 5.30. The Hall–Kier alpha value is -3.60. The predicted molar refractivity (Wildman–Crippen MR) is 135 cm³/mol. The molecule has 0 atom stereocenters. The summed E-state index contributed by atoms with van der Waals surface area (Å²) in [6.45, 7) is 3.01. The van der Waals surface area contributed by atoms with Crippen molar-refractivity contribution < 1.29 is 9.53 Å². The van der Waals surface area contributed by atoms with Gasteiger partial charge in [0.05, 0.1) is 11.0 Å². The summed E-state index contributed by atoms with van der Waals surface area (Å²) in [6.07, 6.45) is 3.43. The van der Waals surface area contributed by atoms with Gasteiger partial charge in [-0.15, -0.1) is 0 Å². The van der Waals surface area contributed by atoms with Crippen molar-refractivity contribution in [3.05, 3.63) is 96.3 Å². The number of benzene rings is 3. The molecule has 5 rings (SSSR count). The molecule has 1 fully saturated rings. The summed E-state index contributed by atoms with van der Waals surface area (Å²) in [7, 11) is 0. The molecule has 1 amide bonds. The highest BCUT2D eigenvalue weighted by atomic mass is 16.5. The van der Waals surface area contributed by atoms with Gasteiger partial charge in [-0.1, -0.05) is 60.7 Å². The van der Waals surface area contributed by atoms with Crippen LogP contribution in [0.25, 0.3) is 11.0 Å². The molecule has 4 aromatic rings. The number of imidazole rings is 1. The third-order valence-corrected chi connectivity index (χ3v) is 6.72. The van der Waals surface area contributed by atoms with Crippen LogP contribution in [0.2, 0.25) is 0 Å². The Morgan fingerprint density at radius 1 is 0.882 bits per heavy atom. The van der Waals surface area contributed by atoms with E-state index in [2.05, 4.69) is 34.9 Å². The zero-order chi connectivity index (χ0) is 23.2. The van der Waals surface area contributed by atoms with Gasteiger partial charge in [-0.3, -0.25) is 4.79 Å². The summed E-state index contributed by atoms with van der Waals surface area (Å²) in [6, 6.07) is 28.4. The Morgan fingerprint density at radius 2 is 1.56 bits per heavy atom. The monoisotopic (exact) mass is 453 g/mol. The van der Waals surface area contributed by atoms with E-state index in [0.717, 1.165) is 61.5 Å². The summed E-state index contributed by atoms with van der Waals surface area (Å²) >= 11 is 0. The van der Waals surface area contributed by atoms with Gasteiger partial charge >= 0.3 is 0 Å². The largest absolute Gasteiger partial charge is 0.486 e. The maximum absolute atomic E-state index is 12.7. The molecule has 174 valence electrons. The number of carbonyl (C=O) groups is 1. The van der Waals surface area contributed by atoms with Crippen LogP contribution in [0, 0.1) is 5.92 Å². The number of hydrogen-bond donors (Lipinski definition) is 0. The molecule has 1 aromatic heterocycles. The highest BCUT2D eigenvalue weighted by Crippen LogP contribution is 2.25. The lowest BCUT2D eigenvalue weighted by Gasteiger charge is -2.32. The van der Waals surface area contributed by atoms with E-state index < -0.39 is 0 Å². The lowest BCUT2D eigenvalue weighted by molar-refractivity contribution is -0.132. The first-order valence-electron chi connectivity index (χ1n) is 12.2. The number of hydrogen-bond acceptors (Lipinski definition) is 3. The third-order valence-electron chi connectivity index (χ3n) is 6.72. The molecule has 0 spiro atoms. The van der Waals surface area contributed by atoms with Gasteiger partial charge in [-0.2, -0.15) is 0 Å². The van der Waals surface area contributed by atoms with Crippen LogP contribution < -0.4 is 4.74 Å². The number of nitrogens with zero attached hydrogens (tertiary/aromatic N) is 3. The van der Waals surface area contributed by atoms with Gasteiger partial charge in [0.2, 0.25) is 5.91 Å². The van der Waals surface area contributed by atoms with Gasteiger partial charge < -0.3 is 14.2 Å². The SMILES string of the molecule is O=C(CCc1ccccc1)N1CCC(Cn2c(COc3ccccc3)nc3ccccc32)CC1. The van der Waals surface area contributed by atoms with E-state index in [1.165, 1.54) is 5.56 Å². The predicted octanol–water partition coefficient (Wildman–Crippen LogP) is 5.49. The minimum absolute atomic E-state index is 0.271. The summed E-state index contributed by atoms with van der Waals surface area (Å²) < 4.78 is 8.34. The number of aryl methyl sites for hydroxylation is 1. The number of amides is 1. The van der Waals surface area contributed by atoms with Crippen LogP contribution in [0.5, 0.6) is 5.75 Å². The maximum atomic E-state index is 12.7. The molecular weight excluding hydrogens is 422 g/mol. The molecule has 2 heterocycles. The number of fused-ring (bicyclic) bond motifs is 1. The van der Waals surface area contributed by atoms with Crippen molar-refractivity contribution in [2.45, 2.75) is 38.8 Å². The topological polar surface area (TPSA) is 47.4 Å². The number of carbonyl (C=O) groups excluding carboxylic acids is 1. The second-order valence-electron chi connectivity index (χ2n) is 9.04. The molecule has 0 saturated carbocycles. The normalized spacial score (nSPS) is 14.4. The first-order valence-corrected chi connectivity index (χ1v) is 12.2. The van der Waals surface area contributed by atoms with Crippen LogP contribution in [0.1, 0.15) is 30.7 Å². The Balaban J connectivity index is 1.20. The molecule has 5 heteroatoms. The second kappa shape index (κ2) is 10.6. The maximum Gasteiger partial charge on any atom is 0.222 e. The molecule has 1 saturated heterocycles. The number of ether oxygens (including phenoxy) is 1. The summed E-state index contributed by atoms with van der Waals surface area (Å²) in [5.74, 6) is 2.59. The highest BCUT2D eigenvalue weighted by Gasteiger charge is 2.24. The lowest BCUT2D eigenvalue weighted by Crippen LogP contribution is -2.39. The first-order chi connectivity index (χ1) is 16.8. The van der Waals surface area contributed by atoms with E-state index in [9.17, 15) is 4.79 Å². The fourth-order valence-electron chi connectivity index (χ4n) is 4.78. The molecule has 0 aliphatic carbocycles. The Kier molecular flexibility index (Phi) is 6.89. The van der Waals surface area contributed by atoms with E-state index in [0.29, 0.717) is 18.9 Å². The van der Waals surface area contributed by atoms with Crippen LogP contribution in [0.3, 0.4) is 0 Å². The number of para-hydroxylation sites is 3. The standard InChI is InChI=1S/C29H31N3O2/c33-29(16-15-23-9-3-1-4-10-23)31-19-17-24(18-20-31)21-32-27-14-8-7-13-26(27)30-28(32)22-34-25-11-5-2-6-12-25/h1-14,24H,15-22H2. The van der Waals surface area contributed by atoms with Gasteiger partial charge in [-0.25, -0.2) is 4.98 Å². The smallest absolute Gasteiger partial charge is 0.222 e. The summed E-state index contributed by atoms with van der Waals surface area (Å²) in [5.41, 5.74) is 3.38. The van der Waals surface area contributed by atoms with Crippen LogP contribution in [0.4, 0.5) is 0 Å². The molecule has 5 nitrogen and oxygen atoms in total. The van der Waals surface area contributed by atoms with E-state index in [1.807, 2.05) is 59.5 Å². The van der Waals surface area contributed by atoms with Crippen molar-refractivity contribution in [1.29, 1.82) is 0 Å². The van der Waals surface area contributed by atoms with Crippen LogP contribution in [0.15, 0.2) is 84.9 Å². The number of likely N-dealkylation sites (tertiary alicyclic amines) is 1. The van der Waals surface area contributed by atoms with Gasteiger partial charge in [0.15, 0.2) is 0 Å². The minimum atomic E-state index is 0.271. The van der Waals surface area contributed by atoms with Gasteiger partial charge in [-0.05, 0) is 55.0 Å². The Labute approximate surface area is 201 Å². The van der Waals surface area contributed by atoms with E-state index in [4.69, 9.17) is 9.72 Å². The van der Waals surface area contributed by atoms with Crippen molar-refractivity contribution in [2.75, 3.05) is 13.1 Å². The molecule has 34 heavy (non-hydrogen) atoms. The summed E-state index contributed by atoms with van der Waals surface area (Å²) in [4.78, 5) is 19.6. The zero-order valence-electron chi connectivity index (χ0n) is 19.5. The van der Waals surface area contributed by atoms with Crippen molar-refractivity contribution >= 4 is 16.9 Å². The van der Waals surface area contributed by atoms with Gasteiger partial charge in [0, 0.05) is 26.1 Å². The van der Waals surface area contributed by atoms with Crippen molar-refractivity contribution in [1.82, 2.24) is 14.5 Å². The lowest BCUT2D eigenvalue weighted by atomic mass is 9.96. The van der Waals surface area contributed by atoms with Crippen molar-refractivity contribution in [3.63, 3.8) is 0 Å². The van der Waals surface area contributed by atoms with Crippen molar-refractivity contribution in [3.8, 4) is 5.75 Å². The average molecular weight is 454 g/mol. The molecule has 0 N–H and O–H groups in total.